The van der Waals surface area contributed by atoms with Crippen LogP contribution in [0.25, 0.3) is 0 Å². The summed E-state index contributed by atoms with van der Waals surface area (Å²) in [7, 11) is 1.85. The second-order valence-corrected chi connectivity index (χ2v) is 5.93. The first-order valence-corrected chi connectivity index (χ1v) is 6.95. The lowest BCUT2D eigenvalue weighted by Crippen LogP contribution is -2.34. The Kier molecular flexibility index (Phi) is 4.10. The summed E-state index contributed by atoms with van der Waals surface area (Å²) in [5.74, 6) is 0.679. The maximum absolute atomic E-state index is 12.2. The predicted molar refractivity (Wildman–Crippen MR) is 73.5 cm³/mol. The molecule has 1 saturated carbocycles. The number of benzene rings is 1. The first-order valence-electron chi connectivity index (χ1n) is 5.78. The fourth-order valence-corrected chi connectivity index (χ4v) is 2.57. The number of hydrogen-bond donors (Lipinski definition) is 0. The lowest BCUT2D eigenvalue weighted by molar-refractivity contribution is 0.0745. The minimum absolute atomic E-state index is 0.00296. The summed E-state index contributed by atoms with van der Waals surface area (Å²) >= 11 is 9.41. The van der Waals surface area contributed by atoms with E-state index in [-0.39, 0.29) is 5.91 Å². The van der Waals surface area contributed by atoms with Crippen molar-refractivity contribution in [3.05, 3.63) is 33.3 Å². The number of amides is 1. The molecule has 0 heterocycles. The standard InChI is InChI=1S/C13H15BrClNO/c1-16(8-9-3-2-4-9)13(17)11-7-10(14)5-6-12(11)15/h5-7,9H,2-4,8H2,1H3. The fraction of sp³-hybridized carbons (Fsp3) is 0.462. The Morgan fingerprint density at radius 3 is 2.82 bits per heavy atom. The van der Waals surface area contributed by atoms with E-state index in [1.165, 1.54) is 19.3 Å². The molecule has 4 heteroatoms. The third-order valence-electron chi connectivity index (χ3n) is 3.26. The van der Waals surface area contributed by atoms with Gasteiger partial charge in [-0.25, -0.2) is 0 Å². The molecule has 0 N–H and O–H groups in total. The lowest BCUT2D eigenvalue weighted by Gasteiger charge is -2.30. The molecule has 0 aliphatic heterocycles. The van der Waals surface area contributed by atoms with Gasteiger partial charge in [-0.1, -0.05) is 34.0 Å². The van der Waals surface area contributed by atoms with Crippen molar-refractivity contribution in [1.29, 1.82) is 0 Å². The number of rotatable bonds is 3. The van der Waals surface area contributed by atoms with Crippen LogP contribution in [0.5, 0.6) is 0 Å². The molecule has 0 bridgehead atoms. The summed E-state index contributed by atoms with van der Waals surface area (Å²) in [6.45, 7) is 0.835. The van der Waals surface area contributed by atoms with Gasteiger partial charge in [0.2, 0.25) is 0 Å². The lowest BCUT2D eigenvalue weighted by atomic mass is 9.85. The van der Waals surface area contributed by atoms with Crippen molar-refractivity contribution in [2.24, 2.45) is 5.92 Å². The van der Waals surface area contributed by atoms with Gasteiger partial charge < -0.3 is 4.90 Å². The minimum atomic E-state index is 0.00296. The highest BCUT2D eigenvalue weighted by atomic mass is 79.9. The predicted octanol–water partition coefficient (Wildman–Crippen LogP) is 3.97. The number of carbonyl (C=O) groups is 1. The highest BCUT2D eigenvalue weighted by Gasteiger charge is 2.23. The van der Waals surface area contributed by atoms with Crippen molar-refractivity contribution in [3.63, 3.8) is 0 Å². The molecule has 0 radical (unpaired) electrons. The Balaban J connectivity index is 2.09. The van der Waals surface area contributed by atoms with E-state index in [0.717, 1.165) is 11.0 Å². The van der Waals surface area contributed by atoms with Crippen molar-refractivity contribution in [2.75, 3.05) is 13.6 Å². The molecule has 0 spiro atoms. The van der Waals surface area contributed by atoms with Gasteiger partial charge in [0.15, 0.2) is 0 Å². The van der Waals surface area contributed by atoms with Crippen molar-refractivity contribution < 1.29 is 4.79 Å². The smallest absolute Gasteiger partial charge is 0.255 e. The largest absolute Gasteiger partial charge is 0.341 e. The Labute approximate surface area is 115 Å². The topological polar surface area (TPSA) is 20.3 Å². The first-order chi connectivity index (χ1) is 8.08. The normalized spacial score (nSPS) is 15.5. The molecule has 2 rings (SSSR count). The summed E-state index contributed by atoms with van der Waals surface area (Å²) in [5, 5.41) is 0.513. The molecular weight excluding hydrogens is 302 g/mol. The van der Waals surface area contributed by atoms with Crippen LogP contribution in [0.4, 0.5) is 0 Å². The van der Waals surface area contributed by atoms with Crippen LogP contribution < -0.4 is 0 Å². The molecule has 1 aliphatic carbocycles. The molecule has 1 amide bonds. The van der Waals surface area contributed by atoms with Crippen LogP contribution >= 0.6 is 27.5 Å². The monoisotopic (exact) mass is 315 g/mol. The zero-order valence-corrected chi connectivity index (χ0v) is 12.1. The van der Waals surface area contributed by atoms with E-state index in [2.05, 4.69) is 15.9 Å². The Morgan fingerprint density at radius 1 is 1.53 bits per heavy atom. The molecule has 0 saturated heterocycles. The Bertz CT molecular complexity index is 431. The molecule has 92 valence electrons. The van der Waals surface area contributed by atoms with E-state index in [4.69, 9.17) is 11.6 Å². The number of nitrogens with zero attached hydrogens (tertiary/aromatic N) is 1. The quantitative estimate of drug-likeness (QED) is 0.826. The molecule has 1 aliphatic rings. The van der Waals surface area contributed by atoms with Crippen LogP contribution in [0.1, 0.15) is 29.6 Å². The van der Waals surface area contributed by atoms with Crippen LogP contribution in [0, 0.1) is 5.92 Å². The van der Waals surface area contributed by atoms with Gasteiger partial charge in [-0.3, -0.25) is 4.79 Å². The minimum Gasteiger partial charge on any atom is -0.341 e. The number of hydrogen-bond acceptors (Lipinski definition) is 1. The zero-order valence-electron chi connectivity index (χ0n) is 9.75. The van der Waals surface area contributed by atoms with Gasteiger partial charge in [0, 0.05) is 18.1 Å². The molecule has 0 unspecified atom stereocenters. The average Bonchev–Trinajstić information content (AvgIpc) is 2.25. The highest BCUT2D eigenvalue weighted by molar-refractivity contribution is 9.10. The van der Waals surface area contributed by atoms with Gasteiger partial charge in [0.25, 0.3) is 5.91 Å². The van der Waals surface area contributed by atoms with E-state index in [1.807, 2.05) is 13.1 Å². The van der Waals surface area contributed by atoms with Crippen molar-refractivity contribution in [2.45, 2.75) is 19.3 Å². The second kappa shape index (κ2) is 5.40. The van der Waals surface area contributed by atoms with Crippen LogP contribution in [0.2, 0.25) is 5.02 Å². The molecule has 0 aromatic heterocycles. The molecule has 1 aromatic carbocycles. The number of halogens is 2. The molecule has 2 nitrogen and oxygen atoms in total. The first kappa shape index (κ1) is 12.9. The second-order valence-electron chi connectivity index (χ2n) is 4.61. The van der Waals surface area contributed by atoms with Gasteiger partial charge in [0.1, 0.15) is 0 Å². The van der Waals surface area contributed by atoms with E-state index in [0.29, 0.717) is 16.5 Å². The summed E-state index contributed by atoms with van der Waals surface area (Å²) in [6, 6.07) is 5.36. The maximum Gasteiger partial charge on any atom is 0.255 e. The van der Waals surface area contributed by atoms with Crippen molar-refractivity contribution in [3.8, 4) is 0 Å². The highest BCUT2D eigenvalue weighted by Crippen LogP contribution is 2.28. The molecule has 1 fully saturated rings. The SMILES string of the molecule is CN(CC1CCC1)C(=O)c1cc(Br)ccc1Cl. The van der Waals surface area contributed by atoms with Gasteiger partial charge >= 0.3 is 0 Å². The number of carbonyl (C=O) groups excluding carboxylic acids is 1. The average molecular weight is 317 g/mol. The van der Waals surface area contributed by atoms with Crippen molar-refractivity contribution >= 4 is 33.4 Å². The van der Waals surface area contributed by atoms with Crippen LogP contribution in [0.3, 0.4) is 0 Å². The third kappa shape index (κ3) is 3.02. The third-order valence-corrected chi connectivity index (χ3v) is 4.09. The molecule has 17 heavy (non-hydrogen) atoms. The van der Waals surface area contributed by atoms with Crippen LogP contribution in [0.15, 0.2) is 22.7 Å². The fourth-order valence-electron chi connectivity index (χ4n) is 2.01. The van der Waals surface area contributed by atoms with Gasteiger partial charge in [-0.2, -0.15) is 0 Å². The summed E-state index contributed by atoms with van der Waals surface area (Å²) in [6.07, 6.45) is 3.78. The molecule has 0 atom stereocenters. The Hall–Kier alpha value is -0.540. The van der Waals surface area contributed by atoms with Crippen molar-refractivity contribution in [1.82, 2.24) is 4.90 Å². The molecule has 1 aromatic rings. The van der Waals surface area contributed by atoms with Gasteiger partial charge in [-0.05, 0) is 37.0 Å². The summed E-state index contributed by atoms with van der Waals surface area (Å²) in [5.41, 5.74) is 0.572. The zero-order chi connectivity index (χ0) is 12.4. The van der Waals surface area contributed by atoms with Gasteiger partial charge in [0.05, 0.1) is 10.6 Å². The van der Waals surface area contributed by atoms with Crippen LogP contribution in [-0.2, 0) is 0 Å². The Morgan fingerprint density at radius 2 is 2.24 bits per heavy atom. The van der Waals surface area contributed by atoms with E-state index < -0.39 is 0 Å². The maximum atomic E-state index is 12.2. The van der Waals surface area contributed by atoms with Gasteiger partial charge in [-0.15, -0.1) is 0 Å². The summed E-state index contributed by atoms with van der Waals surface area (Å²) < 4.78 is 0.877. The van der Waals surface area contributed by atoms with Crippen LogP contribution in [-0.4, -0.2) is 24.4 Å². The van der Waals surface area contributed by atoms with E-state index in [9.17, 15) is 4.79 Å². The van der Waals surface area contributed by atoms with E-state index in [1.54, 1.807) is 17.0 Å². The summed E-state index contributed by atoms with van der Waals surface area (Å²) in [4.78, 5) is 14.0. The van der Waals surface area contributed by atoms with E-state index >= 15 is 0 Å². The molecular formula is C13H15BrClNO.